The lowest BCUT2D eigenvalue weighted by Gasteiger charge is -2.11. The van der Waals surface area contributed by atoms with E-state index in [4.69, 9.17) is 4.74 Å². The van der Waals surface area contributed by atoms with E-state index in [1.807, 2.05) is 32.0 Å². The quantitative estimate of drug-likeness (QED) is 0.790. The molecule has 0 radical (unpaired) electrons. The molecule has 2 aromatic rings. The Balaban J connectivity index is 1.57. The van der Waals surface area contributed by atoms with E-state index in [2.05, 4.69) is 20.8 Å². The lowest BCUT2D eigenvalue weighted by Crippen LogP contribution is -2.21. The van der Waals surface area contributed by atoms with Gasteiger partial charge in [-0.2, -0.15) is 5.10 Å². The van der Waals surface area contributed by atoms with E-state index in [0.717, 1.165) is 36.5 Å². The topological polar surface area (TPSA) is 79.0 Å². The molecule has 122 valence electrons. The van der Waals surface area contributed by atoms with Crippen molar-refractivity contribution < 1.29 is 9.53 Å². The summed E-state index contributed by atoms with van der Waals surface area (Å²) in [5, 5.41) is 13.2. The second-order valence-electron chi connectivity index (χ2n) is 5.97. The van der Waals surface area contributed by atoms with Gasteiger partial charge in [-0.15, -0.1) is 0 Å². The first-order valence-corrected chi connectivity index (χ1v) is 7.87. The van der Waals surface area contributed by atoms with Gasteiger partial charge in [0.05, 0.1) is 17.6 Å². The first-order chi connectivity index (χ1) is 11.1. The van der Waals surface area contributed by atoms with E-state index >= 15 is 0 Å². The van der Waals surface area contributed by atoms with Crippen molar-refractivity contribution in [3.05, 3.63) is 41.2 Å². The van der Waals surface area contributed by atoms with E-state index in [-0.39, 0.29) is 12.5 Å². The number of benzene rings is 1. The summed E-state index contributed by atoms with van der Waals surface area (Å²) in [6, 6.07) is 5.81. The molecule has 0 bridgehead atoms. The van der Waals surface area contributed by atoms with Crippen molar-refractivity contribution in [3.8, 4) is 5.75 Å². The molecule has 6 nitrogen and oxygen atoms in total. The molecule has 6 heteroatoms. The third-order valence-corrected chi connectivity index (χ3v) is 4.26. The van der Waals surface area contributed by atoms with E-state index in [1.54, 1.807) is 6.20 Å². The highest BCUT2D eigenvalue weighted by molar-refractivity contribution is 5.92. The van der Waals surface area contributed by atoms with Crippen LogP contribution in [0.15, 0.2) is 24.4 Å². The molecule has 1 aliphatic rings. The van der Waals surface area contributed by atoms with Crippen molar-refractivity contribution in [1.29, 1.82) is 0 Å². The first-order valence-electron chi connectivity index (χ1n) is 7.87. The number of anilines is 1. The van der Waals surface area contributed by atoms with Crippen LogP contribution in [0, 0.1) is 13.8 Å². The smallest absolute Gasteiger partial charge is 0.262 e. The van der Waals surface area contributed by atoms with Crippen LogP contribution >= 0.6 is 0 Å². The fourth-order valence-electron chi connectivity index (χ4n) is 2.75. The van der Waals surface area contributed by atoms with Gasteiger partial charge in [-0.1, -0.05) is 6.07 Å². The average Bonchev–Trinajstić information content (AvgIpc) is 3.19. The number of rotatable bonds is 5. The summed E-state index contributed by atoms with van der Waals surface area (Å²) in [4.78, 5) is 12.1. The van der Waals surface area contributed by atoms with Gasteiger partial charge in [-0.05, 0) is 50.1 Å². The molecular formula is C17H22N4O2. The second kappa shape index (κ2) is 6.83. The van der Waals surface area contributed by atoms with Gasteiger partial charge in [0.2, 0.25) is 0 Å². The number of carbonyl (C=O) groups is 1. The number of nitrogens with zero attached hydrogens (tertiary/aromatic N) is 1. The Labute approximate surface area is 135 Å². The number of ether oxygens (including phenoxy) is 1. The Kier molecular flexibility index (Phi) is 4.62. The predicted molar refractivity (Wildman–Crippen MR) is 88.9 cm³/mol. The molecule has 0 aliphatic carbocycles. The Morgan fingerprint density at radius 2 is 2.26 bits per heavy atom. The molecule has 1 fully saturated rings. The summed E-state index contributed by atoms with van der Waals surface area (Å²) in [6.45, 7) is 5.95. The molecule has 1 unspecified atom stereocenters. The molecule has 2 heterocycles. The van der Waals surface area contributed by atoms with Crippen LogP contribution in [0.3, 0.4) is 0 Å². The highest BCUT2D eigenvalue weighted by atomic mass is 16.5. The van der Waals surface area contributed by atoms with Crippen molar-refractivity contribution in [3.63, 3.8) is 0 Å². The first kappa shape index (κ1) is 15.6. The lowest BCUT2D eigenvalue weighted by atomic mass is 10.0. The van der Waals surface area contributed by atoms with Crippen molar-refractivity contribution >= 4 is 11.6 Å². The summed E-state index contributed by atoms with van der Waals surface area (Å²) in [6.07, 6.45) is 2.70. The number of aromatic amines is 1. The Hall–Kier alpha value is -2.34. The molecule has 1 aromatic carbocycles. The van der Waals surface area contributed by atoms with Crippen molar-refractivity contribution in [2.75, 3.05) is 25.0 Å². The number of aryl methyl sites for hydroxylation is 2. The summed E-state index contributed by atoms with van der Waals surface area (Å²) in [5.41, 5.74) is 4.07. The summed E-state index contributed by atoms with van der Waals surface area (Å²) >= 11 is 0. The highest BCUT2D eigenvalue weighted by Crippen LogP contribution is 2.26. The Morgan fingerprint density at radius 1 is 1.39 bits per heavy atom. The van der Waals surface area contributed by atoms with Crippen LogP contribution < -0.4 is 15.4 Å². The molecular weight excluding hydrogens is 292 g/mol. The predicted octanol–water partition coefficient (Wildman–Crippen LogP) is 2.12. The molecule has 3 N–H and O–H groups in total. The van der Waals surface area contributed by atoms with Gasteiger partial charge in [0.1, 0.15) is 5.75 Å². The third kappa shape index (κ3) is 3.71. The van der Waals surface area contributed by atoms with Gasteiger partial charge in [0, 0.05) is 12.5 Å². The zero-order valence-electron chi connectivity index (χ0n) is 13.5. The highest BCUT2D eigenvalue weighted by Gasteiger charge is 2.22. The second-order valence-corrected chi connectivity index (χ2v) is 5.97. The molecule has 1 saturated heterocycles. The van der Waals surface area contributed by atoms with Crippen molar-refractivity contribution in [2.24, 2.45) is 0 Å². The van der Waals surface area contributed by atoms with Crippen LogP contribution in [0.5, 0.6) is 5.75 Å². The van der Waals surface area contributed by atoms with Gasteiger partial charge in [0.15, 0.2) is 6.61 Å². The van der Waals surface area contributed by atoms with Crippen LogP contribution in [-0.2, 0) is 4.79 Å². The van der Waals surface area contributed by atoms with Crippen LogP contribution in [0.25, 0.3) is 0 Å². The fraction of sp³-hybridized carbons (Fsp3) is 0.412. The lowest BCUT2D eigenvalue weighted by molar-refractivity contribution is -0.118. The largest absolute Gasteiger partial charge is 0.484 e. The monoisotopic (exact) mass is 314 g/mol. The maximum absolute atomic E-state index is 12.1. The molecule has 0 spiro atoms. The van der Waals surface area contributed by atoms with E-state index in [9.17, 15) is 4.79 Å². The molecule has 0 saturated carbocycles. The number of hydrogen-bond donors (Lipinski definition) is 3. The maximum atomic E-state index is 12.1. The van der Waals surface area contributed by atoms with E-state index in [0.29, 0.717) is 11.7 Å². The van der Waals surface area contributed by atoms with Gasteiger partial charge in [-0.3, -0.25) is 9.89 Å². The SMILES string of the molecule is Cc1ccc(OCC(=O)Nc2cn[nH]c2C2CCNC2)cc1C. The average molecular weight is 314 g/mol. The molecule has 1 aromatic heterocycles. The zero-order chi connectivity index (χ0) is 16.2. The minimum absolute atomic E-state index is 0.0178. The van der Waals surface area contributed by atoms with Crippen molar-refractivity contribution in [2.45, 2.75) is 26.2 Å². The molecule has 1 aliphatic heterocycles. The van der Waals surface area contributed by atoms with Gasteiger partial charge in [0.25, 0.3) is 5.91 Å². The van der Waals surface area contributed by atoms with Gasteiger partial charge in [-0.25, -0.2) is 0 Å². The van der Waals surface area contributed by atoms with Crippen LogP contribution in [0.1, 0.15) is 29.2 Å². The van der Waals surface area contributed by atoms with Gasteiger partial charge < -0.3 is 15.4 Å². The number of carbonyl (C=O) groups excluding carboxylic acids is 1. The molecule has 23 heavy (non-hydrogen) atoms. The van der Waals surface area contributed by atoms with Gasteiger partial charge >= 0.3 is 0 Å². The Morgan fingerprint density at radius 3 is 3.00 bits per heavy atom. The number of hydrogen-bond acceptors (Lipinski definition) is 4. The van der Waals surface area contributed by atoms with Crippen LogP contribution in [0.4, 0.5) is 5.69 Å². The van der Waals surface area contributed by atoms with E-state index < -0.39 is 0 Å². The van der Waals surface area contributed by atoms with Crippen molar-refractivity contribution in [1.82, 2.24) is 15.5 Å². The van der Waals surface area contributed by atoms with Crippen LogP contribution in [0.2, 0.25) is 0 Å². The zero-order valence-corrected chi connectivity index (χ0v) is 13.5. The van der Waals surface area contributed by atoms with E-state index in [1.165, 1.54) is 5.56 Å². The number of aromatic nitrogens is 2. The summed E-state index contributed by atoms with van der Waals surface area (Å²) in [5.74, 6) is 0.890. The minimum Gasteiger partial charge on any atom is -0.484 e. The van der Waals surface area contributed by atoms with Crippen LogP contribution in [-0.4, -0.2) is 35.8 Å². The Bertz CT molecular complexity index is 690. The maximum Gasteiger partial charge on any atom is 0.262 e. The fourth-order valence-corrected chi connectivity index (χ4v) is 2.75. The number of H-pyrrole nitrogens is 1. The normalized spacial score (nSPS) is 17.2. The molecule has 1 atom stereocenters. The number of nitrogens with one attached hydrogen (secondary N) is 3. The minimum atomic E-state index is -0.183. The molecule has 3 rings (SSSR count). The molecule has 1 amide bonds. The summed E-state index contributed by atoms with van der Waals surface area (Å²) < 4.78 is 5.56. The third-order valence-electron chi connectivity index (χ3n) is 4.26. The standard InChI is InChI=1S/C17H22N4O2/c1-11-3-4-14(7-12(11)2)23-10-16(22)20-15-9-19-21-17(15)13-5-6-18-8-13/h3-4,7,9,13,18H,5-6,8,10H2,1-2H3,(H,19,21)(H,20,22). The number of amides is 1. The summed E-state index contributed by atoms with van der Waals surface area (Å²) in [7, 11) is 0.